The predicted molar refractivity (Wildman–Crippen MR) is 107 cm³/mol. The van der Waals surface area contributed by atoms with Crippen molar-refractivity contribution in [3.05, 3.63) is 60.2 Å². The number of hydrogen-bond acceptors (Lipinski definition) is 4. The highest BCUT2D eigenvalue weighted by atomic mass is 32.2. The van der Waals surface area contributed by atoms with Gasteiger partial charge >= 0.3 is 7.12 Å². The number of nitrogens with one attached hydrogen (secondary N) is 1. The Morgan fingerprint density at radius 1 is 0.889 bits per heavy atom. The van der Waals surface area contributed by atoms with E-state index in [-0.39, 0.29) is 23.2 Å². The zero-order chi connectivity index (χ0) is 19.7. The summed E-state index contributed by atoms with van der Waals surface area (Å²) in [6, 6.07) is 16.3. The molecule has 1 fully saturated rings. The zero-order valence-corrected chi connectivity index (χ0v) is 17.0. The summed E-state index contributed by atoms with van der Waals surface area (Å²) in [5, 5.41) is 0. The smallest absolute Gasteiger partial charge is 0.399 e. The van der Waals surface area contributed by atoms with E-state index in [4.69, 9.17) is 9.31 Å². The second-order valence-corrected chi connectivity index (χ2v) is 9.56. The topological polar surface area (TPSA) is 64.6 Å². The summed E-state index contributed by atoms with van der Waals surface area (Å²) in [7, 11) is -3.86. The van der Waals surface area contributed by atoms with E-state index in [1.54, 1.807) is 30.3 Å². The second kappa shape index (κ2) is 7.39. The Labute approximate surface area is 162 Å². The third-order valence-corrected chi connectivity index (χ3v) is 6.74. The Morgan fingerprint density at radius 3 is 2.00 bits per heavy atom. The lowest BCUT2D eigenvalue weighted by Gasteiger charge is -2.32. The fraction of sp³-hybridized carbons (Fsp3) is 0.400. The summed E-state index contributed by atoms with van der Waals surface area (Å²) in [6.45, 7) is 8.45. The van der Waals surface area contributed by atoms with Crippen LogP contribution in [0, 0.1) is 0 Å². The van der Waals surface area contributed by atoms with Crippen LogP contribution in [0.3, 0.4) is 0 Å². The monoisotopic (exact) mass is 387 g/mol. The quantitative estimate of drug-likeness (QED) is 0.774. The molecule has 1 aliphatic heterocycles. The molecule has 2 aromatic carbocycles. The summed E-state index contributed by atoms with van der Waals surface area (Å²) in [4.78, 5) is 0.279. The van der Waals surface area contributed by atoms with Gasteiger partial charge in [0.15, 0.2) is 0 Å². The minimum Gasteiger partial charge on any atom is -0.399 e. The molecule has 0 amide bonds. The molecule has 1 N–H and O–H groups in total. The van der Waals surface area contributed by atoms with Gasteiger partial charge in [-0.25, -0.2) is 13.1 Å². The SMILES string of the molecule is CC1(C)OB(c2ccc(CCNS(=O)(=O)c3ccccc3)cc2)OC1(C)C. The lowest BCUT2D eigenvalue weighted by atomic mass is 9.79. The molecule has 144 valence electrons. The van der Waals surface area contributed by atoms with Crippen LogP contribution >= 0.6 is 0 Å². The van der Waals surface area contributed by atoms with E-state index in [1.165, 1.54) is 0 Å². The first-order valence-electron chi connectivity index (χ1n) is 9.10. The van der Waals surface area contributed by atoms with Gasteiger partial charge in [-0.1, -0.05) is 42.5 Å². The minimum atomic E-state index is -3.47. The largest absolute Gasteiger partial charge is 0.494 e. The molecular weight excluding hydrogens is 361 g/mol. The van der Waals surface area contributed by atoms with Gasteiger partial charge in [-0.05, 0) is 57.3 Å². The minimum absolute atomic E-state index is 0.279. The van der Waals surface area contributed by atoms with Crippen LogP contribution in [0.25, 0.3) is 0 Å². The van der Waals surface area contributed by atoms with Crippen LogP contribution in [0.2, 0.25) is 0 Å². The molecule has 1 heterocycles. The molecule has 1 saturated heterocycles. The van der Waals surface area contributed by atoms with Crippen molar-refractivity contribution < 1.29 is 17.7 Å². The molecule has 0 spiro atoms. The van der Waals surface area contributed by atoms with E-state index in [0.717, 1.165) is 11.0 Å². The van der Waals surface area contributed by atoms with Gasteiger partial charge in [-0.15, -0.1) is 0 Å². The van der Waals surface area contributed by atoms with Crippen molar-refractivity contribution in [1.29, 1.82) is 0 Å². The maximum Gasteiger partial charge on any atom is 0.494 e. The molecule has 7 heteroatoms. The highest BCUT2D eigenvalue weighted by molar-refractivity contribution is 7.89. The van der Waals surface area contributed by atoms with Crippen LogP contribution in [0.15, 0.2) is 59.5 Å². The Bertz CT molecular complexity index is 864. The van der Waals surface area contributed by atoms with Gasteiger partial charge in [0.05, 0.1) is 16.1 Å². The highest BCUT2D eigenvalue weighted by Crippen LogP contribution is 2.36. The van der Waals surface area contributed by atoms with Crippen molar-refractivity contribution in [2.75, 3.05) is 6.54 Å². The third-order valence-electron chi connectivity index (χ3n) is 5.26. The van der Waals surface area contributed by atoms with Crippen molar-refractivity contribution in [3.8, 4) is 0 Å². The molecular formula is C20H26BNO4S. The summed E-state index contributed by atoms with van der Waals surface area (Å²) < 4.78 is 39.2. The van der Waals surface area contributed by atoms with E-state index in [2.05, 4.69) is 4.72 Å². The summed E-state index contributed by atoms with van der Waals surface area (Å²) in [6.07, 6.45) is 0.607. The number of hydrogen-bond donors (Lipinski definition) is 1. The Balaban J connectivity index is 1.58. The molecule has 0 saturated carbocycles. The molecule has 0 radical (unpaired) electrons. The van der Waals surface area contributed by atoms with E-state index < -0.39 is 10.0 Å². The van der Waals surface area contributed by atoms with Crippen molar-refractivity contribution in [3.63, 3.8) is 0 Å². The van der Waals surface area contributed by atoms with Crippen LogP contribution in [-0.2, 0) is 25.8 Å². The Kier molecular flexibility index (Phi) is 5.50. The van der Waals surface area contributed by atoms with Gasteiger partial charge in [0.1, 0.15) is 0 Å². The Hall–Kier alpha value is -1.67. The summed E-state index contributed by atoms with van der Waals surface area (Å²) >= 11 is 0. The number of sulfonamides is 1. The first-order valence-corrected chi connectivity index (χ1v) is 10.6. The van der Waals surface area contributed by atoms with Gasteiger partial charge < -0.3 is 9.31 Å². The van der Waals surface area contributed by atoms with Crippen molar-refractivity contribution in [1.82, 2.24) is 4.72 Å². The average molecular weight is 387 g/mol. The van der Waals surface area contributed by atoms with Gasteiger partial charge in [0.2, 0.25) is 10.0 Å². The lowest BCUT2D eigenvalue weighted by molar-refractivity contribution is 0.00578. The van der Waals surface area contributed by atoms with Crippen LogP contribution in [0.1, 0.15) is 33.3 Å². The molecule has 0 bridgehead atoms. The van der Waals surface area contributed by atoms with E-state index in [9.17, 15) is 8.42 Å². The number of benzene rings is 2. The molecule has 0 aromatic heterocycles. The highest BCUT2D eigenvalue weighted by Gasteiger charge is 2.51. The van der Waals surface area contributed by atoms with Crippen molar-refractivity contribution in [2.24, 2.45) is 0 Å². The lowest BCUT2D eigenvalue weighted by Crippen LogP contribution is -2.41. The summed E-state index contributed by atoms with van der Waals surface area (Å²) in [5.74, 6) is 0. The fourth-order valence-electron chi connectivity index (χ4n) is 2.83. The summed E-state index contributed by atoms with van der Waals surface area (Å²) in [5.41, 5.74) is 1.27. The fourth-order valence-corrected chi connectivity index (χ4v) is 3.89. The molecule has 0 unspecified atom stereocenters. The van der Waals surface area contributed by atoms with E-state index in [0.29, 0.717) is 13.0 Å². The van der Waals surface area contributed by atoms with Gasteiger partial charge in [-0.2, -0.15) is 0 Å². The van der Waals surface area contributed by atoms with Gasteiger partial charge in [-0.3, -0.25) is 0 Å². The normalized spacial score (nSPS) is 18.6. The molecule has 27 heavy (non-hydrogen) atoms. The maximum atomic E-state index is 12.2. The van der Waals surface area contributed by atoms with Crippen LogP contribution in [-0.4, -0.2) is 33.3 Å². The maximum absolute atomic E-state index is 12.2. The first-order chi connectivity index (χ1) is 12.6. The molecule has 5 nitrogen and oxygen atoms in total. The predicted octanol–water partition coefficient (Wildman–Crippen LogP) is 2.51. The van der Waals surface area contributed by atoms with Gasteiger partial charge in [0.25, 0.3) is 0 Å². The van der Waals surface area contributed by atoms with E-state index >= 15 is 0 Å². The second-order valence-electron chi connectivity index (χ2n) is 7.79. The molecule has 2 aromatic rings. The van der Waals surface area contributed by atoms with Crippen molar-refractivity contribution in [2.45, 2.75) is 50.2 Å². The average Bonchev–Trinajstić information content (AvgIpc) is 2.84. The number of rotatable bonds is 6. The standard InChI is InChI=1S/C20H26BNO4S/c1-19(2)20(3,4)26-21(25-19)17-12-10-16(11-13-17)14-15-22-27(23,24)18-8-6-5-7-9-18/h5-13,22H,14-15H2,1-4H3. The first kappa shape index (κ1) is 20.1. The molecule has 0 atom stereocenters. The third kappa shape index (κ3) is 4.43. The van der Waals surface area contributed by atoms with Crippen LogP contribution < -0.4 is 10.2 Å². The Morgan fingerprint density at radius 2 is 1.44 bits per heavy atom. The van der Waals surface area contributed by atoms with Crippen molar-refractivity contribution >= 4 is 22.6 Å². The molecule has 3 rings (SSSR count). The van der Waals surface area contributed by atoms with Crippen LogP contribution in [0.4, 0.5) is 0 Å². The molecule has 1 aliphatic rings. The molecule has 0 aliphatic carbocycles. The van der Waals surface area contributed by atoms with Crippen LogP contribution in [0.5, 0.6) is 0 Å². The van der Waals surface area contributed by atoms with Gasteiger partial charge in [0, 0.05) is 6.54 Å². The zero-order valence-electron chi connectivity index (χ0n) is 16.2. The van der Waals surface area contributed by atoms with E-state index in [1.807, 2.05) is 52.0 Å².